The molecule has 0 aliphatic carbocycles. The van der Waals surface area contributed by atoms with E-state index in [0.717, 1.165) is 18.5 Å². The summed E-state index contributed by atoms with van der Waals surface area (Å²) in [6.45, 7) is 1.04. The number of nitro benzene ring substituents is 1. The first-order chi connectivity index (χ1) is 7.27. The number of non-ortho nitro benzene ring substituents is 1. The second-order valence-electron chi connectivity index (χ2n) is 3.85. The maximum absolute atomic E-state index is 10.5. The Morgan fingerprint density at radius 3 is 2.44 bits per heavy atom. The largest absolute Gasteiger partial charge is 0.310 e. The van der Waals surface area contributed by atoms with Crippen LogP contribution in [0.15, 0.2) is 24.3 Å². The number of hydrogen-bond acceptors (Lipinski definition) is 3. The summed E-state index contributed by atoms with van der Waals surface area (Å²) >= 11 is 0. The van der Waals surface area contributed by atoms with Crippen LogP contribution in [-0.4, -0.2) is 11.5 Å². The van der Waals surface area contributed by atoms with Crippen LogP contribution in [0.1, 0.15) is 30.9 Å². The third-order valence-electron chi connectivity index (χ3n) is 2.82. The van der Waals surface area contributed by atoms with E-state index in [4.69, 9.17) is 0 Å². The Labute approximate surface area is 101 Å². The van der Waals surface area contributed by atoms with Crippen LogP contribution >= 0.6 is 12.4 Å². The highest BCUT2D eigenvalue weighted by molar-refractivity contribution is 5.85. The molecule has 2 rings (SSSR count). The fraction of sp³-hybridized carbons (Fsp3) is 0.455. The zero-order valence-corrected chi connectivity index (χ0v) is 9.70. The lowest BCUT2D eigenvalue weighted by Gasteiger charge is -2.23. The van der Waals surface area contributed by atoms with Crippen LogP contribution < -0.4 is 5.32 Å². The van der Waals surface area contributed by atoms with Crippen molar-refractivity contribution >= 4 is 18.1 Å². The first-order valence-electron chi connectivity index (χ1n) is 5.25. The van der Waals surface area contributed by atoms with E-state index in [1.54, 1.807) is 12.1 Å². The van der Waals surface area contributed by atoms with Gasteiger partial charge < -0.3 is 5.32 Å². The first kappa shape index (κ1) is 12.9. The molecule has 1 N–H and O–H groups in total. The third-order valence-corrected chi connectivity index (χ3v) is 2.82. The van der Waals surface area contributed by atoms with Crippen LogP contribution in [0.2, 0.25) is 0 Å². The van der Waals surface area contributed by atoms with E-state index < -0.39 is 0 Å². The van der Waals surface area contributed by atoms with Gasteiger partial charge in [0.25, 0.3) is 5.69 Å². The van der Waals surface area contributed by atoms with Crippen molar-refractivity contribution < 1.29 is 4.92 Å². The summed E-state index contributed by atoms with van der Waals surface area (Å²) in [7, 11) is 0. The van der Waals surface area contributed by atoms with Gasteiger partial charge in [-0.2, -0.15) is 0 Å². The van der Waals surface area contributed by atoms with Gasteiger partial charge in [-0.1, -0.05) is 18.6 Å². The predicted molar refractivity (Wildman–Crippen MR) is 64.9 cm³/mol. The highest BCUT2D eigenvalue weighted by Crippen LogP contribution is 2.24. The van der Waals surface area contributed by atoms with E-state index in [1.165, 1.54) is 12.8 Å². The van der Waals surface area contributed by atoms with Crippen LogP contribution in [0.25, 0.3) is 0 Å². The van der Waals surface area contributed by atoms with E-state index >= 15 is 0 Å². The number of rotatable bonds is 2. The Kier molecular flexibility index (Phi) is 4.71. The molecule has 0 spiro atoms. The number of hydrogen-bond donors (Lipinski definition) is 1. The van der Waals surface area contributed by atoms with Crippen molar-refractivity contribution in [2.24, 2.45) is 0 Å². The van der Waals surface area contributed by atoms with Crippen LogP contribution in [0, 0.1) is 10.1 Å². The zero-order valence-electron chi connectivity index (χ0n) is 8.89. The molecular formula is C11H15ClN2O2. The van der Waals surface area contributed by atoms with E-state index in [-0.39, 0.29) is 23.0 Å². The fourth-order valence-electron chi connectivity index (χ4n) is 1.96. The average molecular weight is 243 g/mol. The summed E-state index contributed by atoms with van der Waals surface area (Å²) < 4.78 is 0. The lowest BCUT2D eigenvalue weighted by molar-refractivity contribution is -0.384. The molecule has 5 heteroatoms. The Morgan fingerprint density at radius 1 is 1.25 bits per heavy atom. The molecule has 1 heterocycles. The van der Waals surface area contributed by atoms with Gasteiger partial charge in [0.2, 0.25) is 0 Å². The highest BCUT2D eigenvalue weighted by atomic mass is 35.5. The SMILES string of the molecule is Cl.O=[N+]([O-])c1ccc([C@@H]2CCCCN2)cc1. The maximum Gasteiger partial charge on any atom is 0.269 e. The summed E-state index contributed by atoms with van der Waals surface area (Å²) in [6.07, 6.45) is 3.58. The Bertz CT molecular complexity index is 348. The fourth-order valence-corrected chi connectivity index (χ4v) is 1.96. The normalized spacial score (nSPS) is 19.9. The maximum atomic E-state index is 10.5. The molecule has 1 fully saturated rings. The van der Waals surface area contributed by atoms with Crippen LogP contribution in [0.5, 0.6) is 0 Å². The molecule has 88 valence electrons. The van der Waals surface area contributed by atoms with Gasteiger partial charge in [0, 0.05) is 18.2 Å². The molecular weight excluding hydrogens is 228 g/mol. The molecule has 0 amide bonds. The lowest BCUT2D eigenvalue weighted by Crippen LogP contribution is -2.26. The lowest BCUT2D eigenvalue weighted by atomic mass is 9.97. The van der Waals surface area contributed by atoms with Crippen LogP contribution in [0.4, 0.5) is 5.69 Å². The van der Waals surface area contributed by atoms with E-state index in [9.17, 15) is 10.1 Å². The van der Waals surface area contributed by atoms with Crippen molar-refractivity contribution in [3.8, 4) is 0 Å². The van der Waals surface area contributed by atoms with Gasteiger partial charge in [0.15, 0.2) is 0 Å². The summed E-state index contributed by atoms with van der Waals surface area (Å²) in [4.78, 5) is 10.1. The van der Waals surface area contributed by atoms with E-state index in [2.05, 4.69) is 5.32 Å². The molecule has 1 aliphatic rings. The van der Waals surface area contributed by atoms with Crippen molar-refractivity contribution in [1.82, 2.24) is 5.32 Å². The molecule has 0 aromatic heterocycles. The minimum atomic E-state index is -0.363. The molecule has 0 radical (unpaired) electrons. The van der Waals surface area contributed by atoms with Gasteiger partial charge in [0.05, 0.1) is 4.92 Å². The van der Waals surface area contributed by atoms with Crippen molar-refractivity contribution in [1.29, 1.82) is 0 Å². The number of nitrogens with one attached hydrogen (secondary N) is 1. The quantitative estimate of drug-likeness (QED) is 0.641. The number of nitrogens with zero attached hydrogens (tertiary/aromatic N) is 1. The predicted octanol–water partition coefficient (Wildman–Crippen LogP) is 2.83. The van der Waals surface area contributed by atoms with Gasteiger partial charge in [-0.3, -0.25) is 10.1 Å². The molecule has 0 saturated carbocycles. The summed E-state index contributed by atoms with van der Waals surface area (Å²) in [5.74, 6) is 0. The Morgan fingerprint density at radius 2 is 1.94 bits per heavy atom. The summed E-state index contributed by atoms with van der Waals surface area (Å²) in [5.41, 5.74) is 1.31. The standard InChI is InChI=1S/C11H14N2O2.ClH/c14-13(15)10-6-4-9(5-7-10)11-3-1-2-8-12-11;/h4-7,11-12H,1-3,8H2;1H/t11-;/m0./s1. The third kappa shape index (κ3) is 2.93. The molecule has 1 atom stereocenters. The molecule has 0 unspecified atom stereocenters. The molecule has 1 aromatic carbocycles. The average Bonchev–Trinajstić information content (AvgIpc) is 2.30. The van der Waals surface area contributed by atoms with E-state index in [0.29, 0.717) is 6.04 Å². The van der Waals surface area contributed by atoms with E-state index in [1.807, 2.05) is 12.1 Å². The molecule has 4 nitrogen and oxygen atoms in total. The number of benzene rings is 1. The number of piperidine rings is 1. The topological polar surface area (TPSA) is 55.2 Å². The van der Waals surface area contributed by atoms with Gasteiger partial charge in [-0.25, -0.2) is 0 Å². The Balaban J connectivity index is 0.00000128. The number of halogens is 1. The summed E-state index contributed by atoms with van der Waals surface area (Å²) in [5, 5.41) is 13.9. The van der Waals surface area contributed by atoms with Crippen molar-refractivity contribution in [2.45, 2.75) is 25.3 Å². The zero-order chi connectivity index (χ0) is 10.7. The summed E-state index contributed by atoms with van der Waals surface area (Å²) in [6, 6.07) is 7.22. The molecule has 16 heavy (non-hydrogen) atoms. The monoisotopic (exact) mass is 242 g/mol. The van der Waals surface area contributed by atoms with Crippen molar-refractivity contribution in [3.63, 3.8) is 0 Å². The first-order valence-corrected chi connectivity index (χ1v) is 5.25. The van der Waals surface area contributed by atoms with Crippen molar-refractivity contribution in [2.75, 3.05) is 6.54 Å². The molecule has 0 bridgehead atoms. The minimum absolute atomic E-state index is 0. The van der Waals surface area contributed by atoms with Gasteiger partial charge >= 0.3 is 0 Å². The van der Waals surface area contributed by atoms with Gasteiger partial charge in [0.1, 0.15) is 0 Å². The van der Waals surface area contributed by atoms with Crippen molar-refractivity contribution in [3.05, 3.63) is 39.9 Å². The molecule has 1 saturated heterocycles. The van der Waals surface area contributed by atoms with Gasteiger partial charge in [-0.05, 0) is 24.9 Å². The van der Waals surface area contributed by atoms with Crippen LogP contribution in [0.3, 0.4) is 0 Å². The smallest absolute Gasteiger partial charge is 0.269 e. The van der Waals surface area contributed by atoms with Crippen LogP contribution in [-0.2, 0) is 0 Å². The second-order valence-corrected chi connectivity index (χ2v) is 3.85. The van der Waals surface area contributed by atoms with Gasteiger partial charge in [-0.15, -0.1) is 12.4 Å². The highest BCUT2D eigenvalue weighted by Gasteiger charge is 2.15. The molecule has 1 aromatic rings. The molecule has 1 aliphatic heterocycles. The number of nitro groups is 1. The second kappa shape index (κ2) is 5.82. The minimum Gasteiger partial charge on any atom is -0.310 e. The Hall–Kier alpha value is -1.13.